The summed E-state index contributed by atoms with van der Waals surface area (Å²) in [6.07, 6.45) is 2.51. The smallest absolute Gasteiger partial charge is 0.273 e. The maximum atomic E-state index is 12.6. The molecule has 1 N–H and O–H groups in total. The van der Waals surface area contributed by atoms with Gasteiger partial charge in [0.15, 0.2) is 0 Å². The summed E-state index contributed by atoms with van der Waals surface area (Å²) >= 11 is 7.54. The molecule has 120 valence electrons. The minimum absolute atomic E-state index is 0.0152. The number of imide groups is 1. The molecule has 0 fully saturated rings. The molecule has 0 saturated heterocycles. The van der Waals surface area contributed by atoms with Crippen LogP contribution in [0.4, 0.5) is 0 Å². The number of rotatable bonds is 4. The molecule has 3 heterocycles. The molecule has 24 heavy (non-hydrogen) atoms. The quantitative estimate of drug-likeness (QED) is 0.723. The van der Waals surface area contributed by atoms with Gasteiger partial charge < -0.3 is 4.98 Å². The number of hydrogen-bond donors (Lipinski definition) is 1. The predicted octanol–water partition coefficient (Wildman–Crippen LogP) is 3.79. The number of para-hydroxylation sites is 1. The zero-order valence-electron chi connectivity index (χ0n) is 12.6. The molecule has 2 aromatic heterocycles. The number of amides is 2. The Morgan fingerprint density at radius 2 is 1.92 bits per heavy atom. The fraction of sp³-hybridized carbons (Fsp3) is 0.111. The van der Waals surface area contributed by atoms with E-state index in [4.69, 9.17) is 11.6 Å². The summed E-state index contributed by atoms with van der Waals surface area (Å²) < 4.78 is 0. The zero-order valence-corrected chi connectivity index (χ0v) is 14.2. The van der Waals surface area contributed by atoms with Gasteiger partial charge in [-0.1, -0.05) is 35.9 Å². The second-order valence-corrected chi connectivity index (χ2v) is 6.86. The Morgan fingerprint density at radius 3 is 2.71 bits per heavy atom. The molecule has 0 unspecified atom stereocenters. The minimum atomic E-state index is -0.412. The molecular weight excluding hydrogens is 344 g/mol. The lowest BCUT2D eigenvalue weighted by Gasteiger charge is -2.14. The fourth-order valence-electron chi connectivity index (χ4n) is 2.95. The molecule has 3 aromatic rings. The molecule has 0 spiro atoms. The van der Waals surface area contributed by atoms with E-state index in [9.17, 15) is 9.59 Å². The van der Waals surface area contributed by atoms with Crippen molar-refractivity contribution in [1.29, 1.82) is 0 Å². The molecule has 4 rings (SSSR count). The molecule has 2 amide bonds. The van der Waals surface area contributed by atoms with Gasteiger partial charge in [-0.2, -0.15) is 0 Å². The van der Waals surface area contributed by atoms with Crippen molar-refractivity contribution < 1.29 is 9.59 Å². The summed E-state index contributed by atoms with van der Waals surface area (Å²) in [7, 11) is 0. The molecule has 0 aliphatic carbocycles. The molecule has 6 heteroatoms. The summed E-state index contributed by atoms with van der Waals surface area (Å²) in [6.45, 7) is 0.310. The standard InChI is InChI=1S/C18H13ClN2O2S/c19-16-15(14-6-3-9-24-14)17(22)21(18(16)23)8-7-11-10-20-13-5-2-1-4-12(11)13/h1-6,9-10,20H,7-8H2. The number of thiophene rings is 1. The van der Waals surface area contributed by atoms with E-state index in [0.29, 0.717) is 18.5 Å². The Morgan fingerprint density at radius 1 is 1.08 bits per heavy atom. The van der Waals surface area contributed by atoms with Crippen LogP contribution in [0.3, 0.4) is 0 Å². The van der Waals surface area contributed by atoms with Crippen molar-refractivity contribution in [1.82, 2.24) is 9.88 Å². The highest BCUT2D eigenvalue weighted by Gasteiger charge is 2.38. The van der Waals surface area contributed by atoms with E-state index in [-0.39, 0.29) is 10.9 Å². The van der Waals surface area contributed by atoms with Crippen LogP contribution in [0.5, 0.6) is 0 Å². The summed E-state index contributed by atoms with van der Waals surface area (Å²) in [5, 5.41) is 2.98. The van der Waals surface area contributed by atoms with Gasteiger partial charge in [-0.25, -0.2) is 0 Å². The molecular formula is C18H13ClN2O2S. The molecule has 1 aliphatic heterocycles. The van der Waals surface area contributed by atoms with E-state index in [2.05, 4.69) is 4.98 Å². The van der Waals surface area contributed by atoms with E-state index in [1.165, 1.54) is 16.2 Å². The van der Waals surface area contributed by atoms with Gasteiger partial charge in [-0.15, -0.1) is 11.3 Å². The van der Waals surface area contributed by atoms with E-state index in [1.807, 2.05) is 41.9 Å². The number of carbonyl (C=O) groups excluding carboxylic acids is 2. The predicted molar refractivity (Wildman–Crippen MR) is 95.8 cm³/mol. The SMILES string of the molecule is O=C1C(Cl)=C(c2cccs2)C(=O)N1CCc1c[nH]c2ccccc12. The van der Waals surface area contributed by atoms with Crippen molar-refractivity contribution in [3.05, 3.63) is 63.4 Å². The van der Waals surface area contributed by atoms with Gasteiger partial charge in [0, 0.05) is 28.5 Å². The van der Waals surface area contributed by atoms with Crippen LogP contribution in [0.25, 0.3) is 16.5 Å². The third-order valence-corrected chi connectivity index (χ3v) is 5.40. The molecule has 0 saturated carbocycles. The number of nitrogens with one attached hydrogen (secondary N) is 1. The molecule has 0 bridgehead atoms. The second-order valence-electron chi connectivity index (χ2n) is 5.54. The van der Waals surface area contributed by atoms with Crippen LogP contribution in [0.2, 0.25) is 0 Å². The first-order chi connectivity index (χ1) is 11.7. The first-order valence-corrected chi connectivity index (χ1v) is 8.77. The molecule has 0 atom stereocenters. The lowest BCUT2D eigenvalue weighted by molar-refractivity contribution is -0.136. The average molecular weight is 357 g/mol. The number of fused-ring (bicyclic) bond motifs is 1. The van der Waals surface area contributed by atoms with Crippen molar-refractivity contribution in [3.63, 3.8) is 0 Å². The Labute approximate surface area is 147 Å². The van der Waals surface area contributed by atoms with Gasteiger partial charge in [-0.3, -0.25) is 14.5 Å². The van der Waals surface area contributed by atoms with Crippen LogP contribution in [-0.2, 0) is 16.0 Å². The summed E-state index contributed by atoms with van der Waals surface area (Å²) in [6, 6.07) is 11.6. The number of aromatic amines is 1. The normalized spacial score (nSPS) is 15.1. The number of aromatic nitrogens is 1. The number of nitrogens with zero attached hydrogens (tertiary/aromatic N) is 1. The first-order valence-electron chi connectivity index (χ1n) is 7.51. The van der Waals surface area contributed by atoms with Gasteiger partial charge in [0.25, 0.3) is 11.8 Å². The van der Waals surface area contributed by atoms with Crippen molar-refractivity contribution >= 4 is 51.2 Å². The number of halogens is 1. The third-order valence-electron chi connectivity index (χ3n) is 4.16. The van der Waals surface area contributed by atoms with Gasteiger partial charge in [0.1, 0.15) is 5.03 Å². The number of carbonyl (C=O) groups is 2. The first kappa shape index (κ1) is 15.2. The van der Waals surface area contributed by atoms with Crippen molar-refractivity contribution in [2.24, 2.45) is 0 Å². The van der Waals surface area contributed by atoms with Gasteiger partial charge in [0.05, 0.1) is 5.57 Å². The van der Waals surface area contributed by atoms with Crippen LogP contribution in [0.1, 0.15) is 10.4 Å². The third kappa shape index (κ3) is 2.37. The van der Waals surface area contributed by atoms with Crippen molar-refractivity contribution in [3.8, 4) is 0 Å². The Balaban J connectivity index is 1.56. The second kappa shape index (κ2) is 5.92. The molecule has 0 radical (unpaired) electrons. The molecule has 1 aromatic carbocycles. The average Bonchev–Trinajstić information content (AvgIpc) is 3.28. The van der Waals surface area contributed by atoms with Gasteiger partial charge >= 0.3 is 0 Å². The van der Waals surface area contributed by atoms with Crippen LogP contribution in [0.15, 0.2) is 53.0 Å². The zero-order chi connectivity index (χ0) is 16.7. The van der Waals surface area contributed by atoms with E-state index in [0.717, 1.165) is 21.3 Å². The highest BCUT2D eigenvalue weighted by molar-refractivity contribution is 7.11. The van der Waals surface area contributed by atoms with Gasteiger partial charge in [0.2, 0.25) is 0 Å². The highest BCUT2D eigenvalue weighted by Crippen LogP contribution is 2.34. The van der Waals surface area contributed by atoms with Gasteiger partial charge in [-0.05, 0) is 29.5 Å². The van der Waals surface area contributed by atoms with E-state index < -0.39 is 5.91 Å². The van der Waals surface area contributed by atoms with E-state index >= 15 is 0 Å². The summed E-state index contributed by atoms with van der Waals surface area (Å²) in [5.41, 5.74) is 2.43. The lowest BCUT2D eigenvalue weighted by Crippen LogP contribution is -2.33. The van der Waals surface area contributed by atoms with E-state index in [1.54, 1.807) is 6.07 Å². The Hall–Kier alpha value is -2.37. The highest BCUT2D eigenvalue weighted by atomic mass is 35.5. The molecule has 4 nitrogen and oxygen atoms in total. The van der Waals surface area contributed by atoms with Crippen LogP contribution < -0.4 is 0 Å². The largest absolute Gasteiger partial charge is 0.361 e. The van der Waals surface area contributed by atoms with Crippen LogP contribution in [0, 0.1) is 0 Å². The number of hydrogen-bond acceptors (Lipinski definition) is 3. The maximum absolute atomic E-state index is 12.6. The monoisotopic (exact) mass is 356 g/mol. The Kier molecular flexibility index (Phi) is 3.75. The Bertz CT molecular complexity index is 972. The number of benzene rings is 1. The summed E-state index contributed by atoms with van der Waals surface area (Å²) in [4.78, 5) is 30.1. The minimum Gasteiger partial charge on any atom is -0.361 e. The molecule has 1 aliphatic rings. The fourth-order valence-corrected chi connectivity index (χ4v) is 4.06. The van der Waals surface area contributed by atoms with Crippen LogP contribution in [-0.4, -0.2) is 28.2 Å². The lowest BCUT2D eigenvalue weighted by atomic mass is 10.1. The maximum Gasteiger partial charge on any atom is 0.273 e. The van der Waals surface area contributed by atoms with Crippen molar-refractivity contribution in [2.45, 2.75) is 6.42 Å². The number of H-pyrrole nitrogens is 1. The summed E-state index contributed by atoms with van der Waals surface area (Å²) in [5.74, 6) is -0.725. The topological polar surface area (TPSA) is 53.2 Å². The van der Waals surface area contributed by atoms with Crippen molar-refractivity contribution in [2.75, 3.05) is 6.54 Å². The van der Waals surface area contributed by atoms with Crippen LogP contribution >= 0.6 is 22.9 Å².